The van der Waals surface area contributed by atoms with Gasteiger partial charge in [0.2, 0.25) is 11.8 Å². The van der Waals surface area contributed by atoms with Gasteiger partial charge in [-0.2, -0.15) is 5.26 Å². The third kappa shape index (κ3) is 7.29. The number of ether oxygens (including phenoxy) is 1. The number of nitrogens with one attached hydrogen (secondary N) is 2. The number of carbonyl (C=O) groups excluding carboxylic acids is 5. The van der Waals surface area contributed by atoms with Crippen LogP contribution in [0.25, 0.3) is 0 Å². The highest BCUT2D eigenvalue weighted by molar-refractivity contribution is 6.31. The zero-order valence-corrected chi connectivity index (χ0v) is 34.3. The second-order valence-corrected chi connectivity index (χ2v) is 17.9. The van der Waals surface area contributed by atoms with Crippen LogP contribution in [0.15, 0.2) is 54.6 Å². The summed E-state index contributed by atoms with van der Waals surface area (Å²) in [4.78, 5) is 71.5. The molecule has 2 N–H and O–H groups in total. The number of anilines is 2. The summed E-state index contributed by atoms with van der Waals surface area (Å²) in [7, 11) is 0. The molecule has 0 bridgehead atoms. The lowest BCUT2D eigenvalue weighted by Crippen LogP contribution is -2.74. The Kier molecular flexibility index (Phi) is 10.4. The Labute approximate surface area is 347 Å². The summed E-state index contributed by atoms with van der Waals surface area (Å²) in [5.41, 5.74) is 1.53. The fourth-order valence-electron chi connectivity index (χ4n) is 10.1. The van der Waals surface area contributed by atoms with E-state index in [4.69, 9.17) is 16.3 Å². The quantitative estimate of drug-likeness (QED) is 0.282. The van der Waals surface area contributed by atoms with Crippen molar-refractivity contribution in [2.45, 2.75) is 65.1 Å². The van der Waals surface area contributed by atoms with Crippen molar-refractivity contribution in [2.24, 2.45) is 16.7 Å². The molecule has 0 radical (unpaired) electrons. The fourth-order valence-corrected chi connectivity index (χ4v) is 10.3. The van der Waals surface area contributed by atoms with Crippen molar-refractivity contribution in [2.75, 3.05) is 55.6 Å². The summed E-state index contributed by atoms with van der Waals surface area (Å²) in [6.07, 6.45) is 0.867. The lowest BCUT2D eigenvalue weighted by Gasteiger charge is -2.63. The standard InChI is InChI=1S/C44H47ClFN7O6/c1-43(2)41(44(3,4)42(43)59-29-10-7-27(22-47)32(45)19-29)49-37(55)26-5-8-28(9-6-26)52-14-13-25(24-52)23-50-15-17-51(18-16-50)35-21-31-30(20-33(35)46)39(57)53(40(31)58)34-11-12-36(54)48-38(34)56/h5-10,19-21,25,34,41-42H,11-18,23-24H2,1-4H3,(H,49,55)(H,48,54,56)/t25-,34?,41?,42?/m0/s1. The van der Waals surface area contributed by atoms with Gasteiger partial charge in [0, 0.05) is 86.4 Å². The summed E-state index contributed by atoms with van der Waals surface area (Å²) in [6.45, 7) is 13.5. The molecule has 3 saturated heterocycles. The van der Waals surface area contributed by atoms with Crippen LogP contribution in [-0.4, -0.2) is 103 Å². The van der Waals surface area contributed by atoms with Crippen LogP contribution in [0.5, 0.6) is 5.75 Å². The molecule has 1 unspecified atom stereocenters. The number of carbonyl (C=O) groups is 5. The molecule has 8 rings (SSSR count). The van der Waals surface area contributed by atoms with E-state index in [2.05, 4.69) is 54.2 Å². The largest absolute Gasteiger partial charge is 0.489 e. The highest BCUT2D eigenvalue weighted by Gasteiger charge is 2.64. The summed E-state index contributed by atoms with van der Waals surface area (Å²) < 4.78 is 21.8. The number of hydrogen-bond acceptors (Lipinski definition) is 10. The smallest absolute Gasteiger partial charge is 0.262 e. The number of halogens is 2. The van der Waals surface area contributed by atoms with Crippen molar-refractivity contribution in [3.05, 3.63) is 87.7 Å². The first kappa shape index (κ1) is 40.3. The summed E-state index contributed by atoms with van der Waals surface area (Å²) in [5.74, 6) is -2.27. The van der Waals surface area contributed by atoms with E-state index in [0.717, 1.165) is 42.7 Å². The first-order chi connectivity index (χ1) is 28.1. The number of piperidine rings is 1. The fraction of sp³-hybridized carbons (Fsp3) is 0.455. The number of fused-ring (bicyclic) bond motifs is 1. The van der Waals surface area contributed by atoms with E-state index in [0.29, 0.717) is 54.0 Å². The van der Waals surface area contributed by atoms with Gasteiger partial charge in [0.1, 0.15) is 29.8 Å². The number of amides is 5. The van der Waals surface area contributed by atoms with E-state index < -0.39 is 35.5 Å². The first-order valence-electron chi connectivity index (χ1n) is 20.1. The minimum Gasteiger partial charge on any atom is -0.489 e. The Bertz CT molecular complexity index is 2270. The van der Waals surface area contributed by atoms with Crippen LogP contribution in [0.2, 0.25) is 5.02 Å². The average Bonchev–Trinajstić information content (AvgIpc) is 3.77. The van der Waals surface area contributed by atoms with Gasteiger partial charge in [-0.25, -0.2) is 4.39 Å². The zero-order chi connectivity index (χ0) is 42.0. The van der Waals surface area contributed by atoms with E-state index in [1.807, 2.05) is 29.2 Å². The van der Waals surface area contributed by atoms with Crippen molar-refractivity contribution in [3.8, 4) is 11.8 Å². The zero-order valence-electron chi connectivity index (χ0n) is 33.5. The number of benzene rings is 3. The van der Waals surface area contributed by atoms with Crippen LogP contribution in [-0.2, 0) is 9.59 Å². The minimum absolute atomic E-state index is 0.0120. The number of nitrogens with zero attached hydrogens (tertiary/aromatic N) is 5. The molecule has 3 aromatic carbocycles. The minimum atomic E-state index is -1.11. The molecule has 3 aromatic rings. The maximum absolute atomic E-state index is 15.5. The van der Waals surface area contributed by atoms with Crippen molar-refractivity contribution in [1.82, 2.24) is 20.4 Å². The molecule has 0 spiro atoms. The molecule has 4 aliphatic heterocycles. The van der Waals surface area contributed by atoms with Gasteiger partial charge in [-0.3, -0.25) is 39.1 Å². The van der Waals surface area contributed by atoms with Crippen molar-refractivity contribution in [3.63, 3.8) is 0 Å². The molecule has 1 saturated carbocycles. The van der Waals surface area contributed by atoms with Gasteiger partial charge < -0.3 is 19.9 Å². The lowest BCUT2D eigenvalue weighted by molar-refractivity contribution is -0.164. The summed E-state index contributed by atoms with van der Waals surface area (Å²) in [6, 6.07) is 16.1. The molecule has 59 heavy (non-hydrogen) atoms. The van der Waals surface area contributed by atoms with Crippen LogP contribution in [0.4, 0.5) is 15.8 Å². The maximum Gasteiger partial charge on any atom is 0.262 e. The topological polar surface area (TPSA) is 155 Å². The van der Waals surface area contributed by atoms with Gasteiger partial charge in [0.05, 0.1) is 27.4 Å². The molecule has 0 aromatic heterocycles. The summed E-state index contributed by atoms with van der Waals surface area (Å²) in [5, 5.41) is 15.0. The Morgan fingerprint density at radius 1 is 0.915 bits per heavy atom. The Balaban J connectivity index is 0.819. The van der Waals surface area contributed by atoms with Gasteiger partial charge in [-0.05, 0) is 67.3 Å². The van der Waals surface area contributed by atoms with Gasteiger partial charge in [-0.1, -0.05) is 39.3 Å². The predicted molar refractivity (Wildman–Crippen MR) is 218 cm³/mol. The molecule has 2 atom stereocenters. The van der Waals surface area contributed by atoms with Crippen LogP contribution >= 0.6 is 11.6 Å². The Hall–Kier alpha value is -5.52. The molecule has 308 valence electrons. The molecule has 5 aliphatic rings. The predicted octanol–water partition coefficient (Wildman–Crippen LogP) is 5.01. The third-order valence-corrected chi connectivity index (χ3v) is 13.3. The number of imide groups is 2. The lowest BCUT2D eigenvalue weighted by atomic mass is 9.49. The van der Waals surface area contributed by atoms with Crippen LogP contribution in [0, 0.1) is 33.9 Å². The molecular formula is C44H47ClFN7O6. The number of nitriles is 1. The van der Waals surface area contributed by atoms with E-state index in [1.54, 1.807) is 18.2 Å². The highest BCUT2D eigenvalue weighted by Crippen LogP contribution is 2.55. The molecule has 4 fully saturated rings. The highest BCUT2D eigenvalue weighted by atomic mass is 35.5. The van der Waals surface area contributed by atoms with E-state index >= 15 is 4.39 Å². The van der Waals surface area contributed by atoms with Crippen LogP contribution in [0.3, 0.4) is 0 Å². The second kappa shape index (κ2) is 15.3. The Morgan fingerprint density at radius 2 is 1.59 bits per heavy atom. The van der Waals surface area contributed by atoms with Crippen molar-refractivity contribution < 1.29 is 33.1 Å². The van der Waals surface area contributed by atoms with E-state index in [1.165, 1.54) is 6.07 Å². The monoisotopic (exact) mass is 823 g/mol. The molecule has 5 amide bonds. The molecule has 4 heterocycles. The SMILES string of the molecule is CC1(C)C(NC(=O)c2ccc(N3CC[C@@H](CN4CCN(c5cc6c(cc5F)C(=O)N(C5CCC(=O)NC5=O)C6=O)CC4)C3)cc2)C(C)(C)C1Oc1ccc(C#N)c(Cl)c1. The van der Waals surface area contributed by atoms with E-state index in [9.17, 15) is 29.2 Å². The van der Waals surface area contributed by atoms with Gasteiger partial charge >= 0.3 is 0 Å². The van der Waals surface area contributed by atoms with Crippen LogP contribution in [0.1, 0.15) is 83.6 Å². The summed E-state index contributed by atoms with van der Waals surface area (Å²) >= 11 is 6.25. The van der Waals surface area contributed by atoms with E-state index in [-0.39, 0.29) is 58.5 Å². The van der Waals surface area contributed by atoms with Crippen LogP contribution < -0.4 is 25.2 Å². The van der Waals surface area contributed by atoms with Gasteiger partial charge in [-0.15, -0.1) is 0 Å². The molecule has 1 aliphatic carbocycles. The third-order valence-electron chi connectivity index (χ3n) is 12.9. The second-order valence-electron chi connectivity index (χ2n) is 17.5. The number of hydrogen-bond donors (Lipinski definition) is 2. The molecule has 13 nitrogen and oxygen atoms in total. The number of rotatable bonds is 9. The molecule has 15 heteroatoms. The van der Waals surface area contributed by atoms with Gasteiger partial charge in [0.15, 0.2) is 0 Å². The Morgan fingerprint density at radius 3 is 2.24 bits per heavy atom. The number of piperazine rings is 1. The maximum atomic E-state index is 15.5. The first-order valence-corrected chi connectivity index (χ1v) is 20.5. The molecular weight excluding hydrogens is 777 g/mol. The van der Waals surface area contributed by atoms with Crippen molar-refractivity contribution in [1.29, 1.82) is 5.26 Å². The van der Waals surface area contributed by atoms with Crippen molar-refractivity contribution >= 4 is 52.5 Å². The normalized spacial score (nSPS) is 25.0. The average molecular weight is 824 g/mol. The van der Waals surface area contributed by atoms with Gasteiger partial charge in [0.25, 0.3) is 17.7 Å².